The Morgan fingerprint density at radius 1 is 1.38 bits per heavy atom. The zero-order chi connectivity index (χ0) is 9.84. The maximum absolute atomic E-state index is 10.9. The normalized spacial score (nSPS) is 12.7. The maximum Gasteiger partial charge on any atom is 0.228 e. The second kappa shape index (κ2) is 4.05. The number of fused-ring (bicyclic) bond motifs is 1. The largest absolute Gasteiger partial charge is 0.400 e. The van der Waals surface area contributed by atoms with Crippen molar-refractivity contribution in [3.8, 4) is 0 Å². The summed E-state index contributed by atoms with van der Waals surface area (Å²) >= 11 is 0. The fourth-order valence-electron chi connectivity index (χ4n) is 1.41. The number of nitrogens with one attached hydrogen (secondary N) is 1. The SMILES string of the molecule is CO.Cc1cccc2c1CC(=O)N2. The number of benzene rings is 1. The molecule has 70 valence electrons. The van der Waals surface area contributed by atoms with Gasteiger partial charge in [-0.15, -0.1) is 0 Å². The summed E-state index contributed by atoms with van der Waals surface area (Å²) in [6, 6.07) is 5.92. The standard InChI is InChI=1S/C9H9NO.CH4O/c1-6-3-2-4-8-7(6)5-9(11)10-8;1-2/h2-4H,5H2,1H3,(H,10,11);2H,1H3. The molecule has 2 rings (SSSR count). The van der Waals surface area contributed by atoms with E-state index in [0.29, 0.717) is 6.42 Å². The molecule has 3 nitrogen and oxygen atoms in total. The Kier molecular flexibility index (Phi) is 3.03. The second-order valence-corrected chi connectivity index (χ2v) is 2.83. The van der Waals surface area contributed by atoms with Gasteiger partial charge in [-0.2, -0.15) is 0 Å². The van der Waals surface area contributed by atoms with Crippen molar-refractivity contribution in [1.82, 2.24) is 0 Å². The Morgan fingerprint density at radius 3 is 2.69 bits per heavy atom. The van der Waals surface area contributed by atoms with Crippen LogP contribution < -0.4 is 5.32 Å². The van der Waals surface area contributed by atoms with Crippen LogP contribution in [0.25, 0.3) is 0 Å². The highest BCUT2D eigenvalue weighted by atomic mass is 16.2. The summed E-state index contributed by atoms with van der Waals surface area (Å²) in [5.74, 6) is 0.106. The van der Waals surface area contributed by atoms with Gasteiger partial charge in [0.1, 0.15) is 0 Å². The van der Waals surface area contributed by atoms with Crippen LogP contribution in [-0.2, 0) is 11.2 Å². The van der Waals surface area contributed by atoms with Crippen molar-refractivity contribution in [1.29, 1.82) is 0 Å². The third-order valence-corrected chi connectivity index (χ3v) is 2.02. The van der Waals surface area contributed by atoms with Gasteiger partial charge < -0.3 is 10.4 Å². The molecule has 0 saturated heterocycles. The predicted octanol–water partition coefficient (Wildman–Crippen LogP) is 1.10. The van der Waals surface area contributed by atoms with E-state index >= 15 is 0 Å². The molecule has 1 aromatic rings. The Hall–Kier alpha value is -1.35. The molecule has 1 amide bonds. The summed E-state index contributed by atoms with van der Waals surface area (Å²) in [6.45, 7) is 2.03. The Labute approximate surface area is 77.4 Å². The number of hydrogen-bond acceptors (Lipinski definition) is 2. The van der Waals surface area contributed by atoms with E-state index in [1.54, 1.807) is 0 Å². The molecule has 13 heavy (non-hydrogen) atoms. The first-order chi connectivity index (χ1) is 6.27. The summed E-state index contributed by atoms with van der Waals surface area (Å²) in [7, 11) is 1.00. The highest BCUT2D eigenvalue weighted by Gasteiger charge is 2.17. The van der Waals surface area contributed by atoms with E-state index < -0.39 is 0 Å². The summed E-state index contributed by atoms with van der Waals surface area (Å²) in [5.41, 5.74) is 3.33. The van der Waals surface area contributed by atoms with E-state index in [-0.39, 0.29) is 5.91 Å². The van der Waals surface area contributed by atoms with E-state index in [9.17, 15) is 4.79 Å². The average Bonchev–Trinajstić information content (AvgIpc) is 2.51. The number of aryl methyl sites for hydroxylation is 1. The third kappa shape index (κ3) is 1.87. The Balaban J connectivity index is 0.000000396. The van der Waals surface area contributed by atoms with Crippen molar-refractivity contribution < 1.29 is 9.90 Å². The minimum atomic E-state index is 0.106. The molecule has 1 aliphatic rings. The lowest BCUT2D eigenvalue weighted by Gasteiger charge is -1.99. The van der Waals surface area contributed by atoms with Gasteiger partial charge in [0.15, 0.2) is 0 Å². The molecule has 0 fully saturated rings. The number of aliphatic hydroxyl groups excluding tert-OH is 1. The van der Waals surface area contributed by atoms with Crippen LogP contribution in [0.3, 0.4) is 0 Å². The van der Waals surface area contributed by atoms with Crippen molar-refractivity contribution in [2.24, 2.45) is 0 Å². The maximum atomic E-state index is 10.9. The molecular formula is C10H13NO2. The zero-order valence-electron chi connectivity index (χ0n) is 7.79. The van der Waals surface area contributed by atoms with Crippen molar-refractivity contribution in [3.05, 3.63) is 29.3 Å². The number of anilines is 1. The first-order valence-corrected chi connectivity index (χ1v) is 4.10. The lowest BCUT2D eigenvalue weighted by Crippen LogP contribution is -2.03. The van der Waals surface area contributed by atoms with Gasteiger partial charge in [-0.05, 0) is 24.1 Å². The third-order valence-electron chi connectivity index (χ3n) is 2.02. The summed E-state index contributed by atoms with van der Waals surface area (Å²) in [5, 5.41) is 9.80. The molecule has 3 heteroatoms. The minimum Gasteiger partial charge on any atom is -0.400 e. The van der Waals surface area contributed by atoms with Crippen LogP contribution in [0, 0.1) is 6.92 Å². The van der Waals surface area contributed by atoms with Gasteiger partial charge in [0.05, 0.1) is 6.42 Å². The van der Waals surface area contributed by atoms with Crippen molar-refractivity contribution in [2.45, 2.75) is 13.3 Å². The highest BCUT2D eigenvalue weighted by Crippen LogP contribution is 2.24. The van der Waals surface area contributed by atoms with Crippen LogP contribution in [0.2, 0.25) is 0 Å². The molecule has 2 N–H and O–H groups in total. The van der Waals surface area contributed by atoms with Crippen LogP contribution in [0.4, 0.5) is 5.69 Å². The quantitative estimate of drug-likeness (QED) is 0.626. The first kappa shape index (κ1) is 9.74. The van der Waals surface area contributed by atoms with Gasteiger partial charge in [-0.1, -0.05) is 12.1 Å². The van der Waals surface area contributed by atoms with Crippen LogP contribution in [-0.4, -0.2) is 18.1 Å². The lowest BCUT2D eigenvalue weighted by atomic mass is 10.1. The molecule has 0 aromatic heterocycles. The van der Waals surface area contributed by atoms with Gasteiger partial charge in [-0.25, -0.2) is 0 Å². The Morgan fingerprint density at radius 2 is 2.08 bits per heavy atom. The molecule has 0 atom stereocenters. The number of amides is 1. The number of carbonyl (C=O) groups is 1. The van der Waals surface area contributed by atoms with E-state index in [1.807, 2.05) is 25.1 Å². The molecular weight excluding hydrogens is 166 g/mol. The topological polar surface area (TPSA) is 49.3 Å². The highest BCUT2D eigenvalue weighted by molar-refractivity contribution is 5.99. The van der Waals surface area contributed by atoms with Crippen LogP contribution in [0.15, 0.2) is 18.2 Å². The van der Waals surface area contributed by atoms with E-state index in [2.05, 4.69) is 5.32 Å². The molecule has 0 unspecified atom stereocenters. The fraction of sp³-hybridized carbons (Fsp3) is 0.300. The van der Waals surface area contributed by atoms with Gasteiger partial charge in [0.25, 0.3) is 0 Å². The van der Waals surface area contributed by atoms with Gasteiger partial charge >= 0.3 is 0 Å². The van der Waals surface area contributed by atoms with Crippen molar-refractivity contribution in [2.75, 3.05) is 12.4 Å². The molecule has 0 spiro atoms. The first-order valence-electron chi connectivity index (χ1n) is 4.10. The van der Waals surface area contributed by atoms with Crippen molar-refractivity contribution >= 4 is 11.6 Å². The van der Waals surface area contributed by atoms with E-state index in [1.165, 1.54) is 5.56 Å². The molecule has 1 aliphatic heterocycles. The molecule has 0 aliphatic carbocycles. The number of rotatable bonds is 0. The number of hydrogen-bond donors (Lipinski definition) is 2. The van der Waals surface area contributed by atoms with Crippen molar-refractivity contribution in [3.63, 3.8) is 0 Å². The number of carbonyl (C=O) groups excluding carboxylic acids is 1. The molecule has 1 heterocycles. The molecule has 0 saturated carbocycles. The van der Waals surface area contributed by atoms with E-state index in [0.717, 1.165) is 18.4 Å². The molecule has 1 aromatic carbocycles. The number of aliphatic hydroxyl groups is 1. The zero-order valence-corrected chi connectivity index (χ0v) is 7.79. The van der Waals surface area contributed by atoms with Gasteiger partial charge in [0.2, 0.25) is 5.91 Å². The van der Waals surface area contributed by atoms with Gasteiger partial charge in [-0.3, -0.25) is 4.79 Å². The van der Waals surface area contributed by atoms with Gasteiger partial charge in [0, 0.05) is 12.8 Å². The van der Waals surface area contributed by atoms with Crippen LogP contribution in [0.1, 0.15) is 11.1 Å². The smallest absolute Gasteiger partial charge is 0.228 e. The summed E-state index contributed by atoms with van der Waals surface area (Å²) in [6.07, 6.45) is 0.544. The summed E-state index contributed by atoms with van der Waals surface area (Å²) in [4.78, 5) is 10.9. The van der Waals surface area contributed by atoms with E-state index in [4.69, 9.17) is 5.11 Å². The van der Waals surface area contributed by atoms with Crippen LogP contribution >= 0.6 is 0 Å². The fourth-order valence-corrected chi connectivity index (χ4v) is 1.41. The van der Waals surface area contributed by atoms with Crippen LogP contribution in [0.5, 0.6) is 0 Å². The molecule has 0 radical (unpaired) electrons. The monoisotopic (exact) mass is 179 g/mol. The average molecular weight is 179 g/mol. The predicted molar refractivity (Wildman–Crippen MR) is 51.7 cm³/mol. The summed E-state index contributed by atoms with van der Waals surface area (Å²) < 4.78 is 0. The molecule has 0 bridgehead atoms. The second-order valence-electron chi connectivity index (χ2n) is 2.83. The lowest BCUT2D eigenvalue weighted by molar-refractivity contribution is -0.115. The minimum absolute atomic E-state index is 0.106. The Bertz CT molecular complexity index is 321.